The minimum atomic E-state index is -4.70. The molecule has 158 valence electrons. The molecule has 0 bridgehead atoms. The first-order valence-corrected chi connectivity index (χ1v) is 10.1. The fourth-order valence-electron chi connectivity index (χ4n) is 5.00. The summed E-state index contributed by atoms with van der Waals surface area (Å²) in [5.41, 5.74) is 1.30. The summed E-state index contributed by atoms with van der Waals surface area (Å²) in [6.07, 6.45) is -0.268. The van der Waals surface area contributed by atoms with Crippen molar-refractivity contribution in [1.29, 1.82) is 0 Å². The molecule has 0 atom stereocenters. The van der Waals surface area contributed by atoms with Crippen LogP contribution in [0.5, 0.6) is 5.75 Å². The molecule has 1 aliphatic carbocycles. The van der Waals surface area contributed by atoms with Crippen molar-refractivity contribution in [3.05, 3.63) is 29.3 Å². The quantitative estimate of drug-likeness (QED) is 0.828. The average molecular weight is 410 g/mol. The predicted molar refractivity (Wildman–Crippen MR) is 99.2 cm³/mol. The number of alkyl halides is 3. The van der Waals surface area contributed by atoms with Crippen LogP contribution in [0.1, 0.15) is 55.6 Å². The van der Waals surface area contributed by atoms with Crippen molar-refractivity contribution >= 4 is 11.8 Å². The number of hydrogen-bond donors (Lipinski definition) is 1. The summed E-state index contributed by atoms with van der Waals surface area (Å²) < 4.78 is 41.3. The second kappa shape index (κ2) is 7.22. The molecule has 2 saturated heterocycles. The lowest BCUT2D eigenvalue weighted by atomic mass is 9.67. The maximum atomic E-state index is 12.8. The van der Waals surface area contributed by atoms with Crippen LogP contribution in [0.3, 0.4) is 0 Å². The van der Waals surface area contributed by atoms with E-state index in [4.69, 9.17) is 0 Å². The summed E-state index contributed by atoms with van der Waals surface area (Å²) >= 11 is 0. The number of benzene rings is 1. The zero-order valence-corrected chi connectivity index (χ0v) is 16.3. The van der Waals surface area contributed by atoms with Crippen LogP contribution in [0, 0.1) is 12.8 Å². The zero-order valence-electron chi connectivity index (χ0n) is 16.3. The second-order valence-corrected chi connectivity index (χ2v) is 8.61. The number of carbonyl (C=O) groups excluding carboxylic acids is 2. The van der Waals surface area contributed by atoms with E-state index in [-0.39, 0.29) is 34.9 Å². The number of nitrogens with zero attached hydrogens (tertiary/aromatic N) is 1. The molecule has 1 N–H and O–H groups in total. The van der Waals surface area contributed by atoms with Gasteiger partial charge in [0.15, 0.2) is 0 Å². The molecule has 1 aromatic rings. The predicted octanol–water partition coefficient (Wildman–Crippen LogP) is 3.66. The molecule has 8 heteroatoms. The van der Waals surface area contributed by atoms with Gasteiger partial charge in [-0.1, -0.05) is 12.1 Å². The monoisotopic (exact) mass is 410 g/mol. The highest BCUT2D eigenvalue weighted by atomic mass is 19.4. The molecule has 5 nitrogen and oxygen atoms in total. The average Bonchev–Trinajstić information content (AvgIpc) is 3.03. The molecule has 0 radical (unpaired) electrons. The summed E-state index contributed by atoms with van der Waals surface area (Å²) in [4.78, 5) is 26.1. The van der Waals surface area contributed by atoms with E-state index in [1.807, 2.05) is 4.90 Å². The van der Waals surface area contributed by atoms with Crippen molar-refractivity contribution in [2.24, 2.45) is 5.92 Å². The highest BCUT2D eigenvalue weighted by molar-refractivity contribution is 5.83. The van der Waals surface area contributed by atoms with Gasteiger partial charge >= 0.3 is 6.36 Å². The van der Waals surface area contributed by atoms with E-state index in [1.54, 1.807) is 19.1 Å². The van der Waals surface area contributed by atoms with Crippen molar-refractivity contribution in [1.82, 2.24) is 10.2 Å². The fourth-order valence-corrected chi connectivity index (χ4v) is 5.00. The van der Waals surface area contributed by atoms with Crippen LogP contribution in [0.15, 0.2) is 18.2 Å². The van der Waals surface area contributed by atoms with Crippen LogP contribution in [0.25, 0.3) is 0 Å². The Morgan fingerprint density at radius 1 is 1.24 bits per heavy atom. The van der Waals surface area contributed by atoms with Gasteiger partial charge in [-0.05, 0) is 62.1 Å². The van der Waals surface area contributed by atoms with Gasteiger partial charge in [-0.25, -0.2) is 0 Å². The molecule has 1 spiro atoms. The first-order valence-electron chi connectivity index (χ1n) is 10.1. The summed E-state index contributed by atoms with van der Waals surface area (Å²) in [6.45, 7) is 2.91. The van der Waals surface area contributed by atoms with Crippen LogP contribution in [0.4, 0.5) is 13.2 Å². The second-order valence-electron chi connectivity index (χ2n) is 8.61. The van der Waals surface area contributed by atoms with E-state index in [9.17, 15) is 22.8 Å². The number of hydrogen-bond acceptors (Lipinski definition) is 3. The lowest BCUT2D eigenvalue weighted by molar-refractivity contribution is -0.274. The van der Waals surface area contributed by atoms with E-state index in [1.165, 1.54) is 6.07 Å². The van der Waals surface area contributed by atoms with Crippen molar-refractivity contribution < 1.29 is 27.5 Å². The topological polar surface area (TPSA) is 58.6 Å². The van der Waals surface area contributed by atoms with E-state index >= 15 is 0 Å². The molecule has 1 saturated carbocycles. The molecule has 2 aliphatic heterocycles. The van der Waals surface area contributed by atoms with Gasteiger partial charge in [-0.2, -0.15) is 0 Å². The Hall–Kier alpha value is -2.25. The molecule has 3 aliphatic rings. The van der Waals surface area contributed by atoms with Crippen LogP contribution < -0.4 is 10.1 Å². The first kappa shape index (κ1) is 20.0. The van der Waals surface area contributed by atoms with E-state index in [0.717, 1.165) is 37.7 Å². The molecule has 4 rings (SSSR count). The Kier molecular flexibility index (Phi) is 4.99. The van der Waals surface area contributed by atoms with Crippen LogP contribution in [0.2, 0.25) is 0 Å². The number of halogens is 3. The molecule has 2 heterocycles. The number of aryl methyl sites for hydroxylation is 1. The first-order chi connectivity index (χ1) is 13.6. The number of nitrogens with one attached hydrogen (secondary N) is 1. The van der Waals surface area contributed by atoms with Crippen molar-refractivity contribution in [2.45, 2.75) is 63.3 Å². The third kappa shape index (κ3) is 4.21. The van der Waals surface area contributed by atoms with Crippen molar-refractivity contribution in [2.75, 3.05) is 13.1 Å². The zero-order chi connectivity index (χ0) is 20.8. The van der Waals surface area contributed by atoms with Gasteiger partial charge in [-0.15, -0.1) is 13.2 Å². The normalized spacial score (nSPS) is 27.7. The minimum absolute atomic E-state index is 0.00834. The fraction of sp³-hybridized carbons (Fsp3) is 0.619. The highest BCUT2D eigenvalue weighted by Crippen LogP contribution is 2.45. The number of rotatable bonds is 3. The molecular weight excluding hydrogens is 385 g/mol. The maximum absolute atomic E-state index is 12.8. The van der Waals surface area contributed by atoms with E-state index in [2.05, 4.69) is 10.1 Å². The van der Waals surface area contributed by atoms with Crippen LogP contribution in [-0.4, -0.2) is 41.7 Å². The Labute approximate surface area is 167 Å². The number of amides is 2. The number of likely N-dealkylation sites (tertiary alicyclic amines) is 1. The standard InChI is InChI=1S/C21H25F3N2O3/c1-13-10-15(2-3-17(13)29-21(22,23)24)14-5-8-26(9-6-14)19(28)16-11-20(12-16)7-4-18(27)25-20/h2-3,10,14,16H,4-9,11-12H2,1H3,(H,25,27)/t16-,20+. The van der Waals surface area contributed by atoms with Gasteiger partial charge in [-0.3, -0.25) is 9.59 Å². The summed E-state index contributed by atoms with van der Waals surface area (Å²) in [5.74, 6) is 0.288. The highest BCUT2D eigenvalue weighted by Gasteiger charge is 2.51. The maximum Gasteiger partial charge on any atom is 0.573 e. The molecular formula is C21H25F3N2O3. The summed E-state index contributed by atoms with van der Waals surface area (Å²) in [6, 6.07) is 4.82. The van der Waals surface area contributed by atoms with Crippen molar-refractivity contribution in [3.63, 3.8) is 0 Å². The van der Waals surface area contributed by atoms with Crippen molar-refractivity contribution in [3.8, 4) is 5.75 Å². The smallest absolute Gasteiger partial charge is 0.406 e. The van der Waals surface area contributed by atoms with Gasteiger partial charge in [0.25, 0.3) is 0 Å². The van der Waals surface area contributed by atoms with Gasteiger partial charge in [0, 0.05) is 31.0 Å². The van der Waals surface area contributed by atoms with Gasteiger partial charge in [0.2, 0.25) is 11.8 Å². The summed E-state index contributed by atoms with van der Waals surface area (Å²) in [7, 11) is 0. The third-order valence-electron chi connectivity index (χ3n) is 6.56. The molecule has 1 aromatic carbocycles. The van der Waals surface area contributed by atoms with Gasteiger partial charge in [0.05, 0.1) is 0 Å². The molecule has 29 heavy (non-hydrogen) atoms. The molecule has 0 aromatic heterocycles. The van der Waals surface area contributed by atoms with E-state index in [0.29, 0.717) is 25.1 Å². The Balaban J connectivity index is 1.30. The van der Waals surface area contributed by atoms with Crippen LogP contribution in [-0.2, 0) is 9.59 Å². The SMILES string of the molecule is Cc1cc(C2CCN(C(=O)[C@H]3C[C@]4(CCC(=O)N4)C3)CC2)ccc1OC(F)(F)F. The minimum Gasteiger partial charge on any atom is -0.406 e. The lowest BCUT2D eigenvalue weighted by Gasteiger charge is -2.46. The molecule has 0 unspecified atom stereocenters. The van der Waals surface area contributed by atoms with Crippen LogP contribution >= 0.6 is 0 Å². The van der Waals surface area contributed by atoms with Gasteiger partial charge in [0.1, 0.15) is 5.75 Å². The Bertz CT molecular complexity index is 810. The van der Waals surface area contributed by atoms with E-state index < -0.39 is 6.36 Å². The molecule has 3 fully saturated rings. The Morgan fingerprint density at radius 3 is 2.48 bits per heavy atom. The number of piperidine rings is 1. The lowest BCUT2D eigenvalue weighted by Crippen LogP contribution is -2.57. The largest absolute Gasteiger partial charge is 0.573 e. The molecule has 2 amide bonds. The third-order valence-corrected chi connectivity index (χ3v) is 6.56. The Morgan fingerprint density at radius 2 is 1.93 bits per heavy atom. The number of carbonyl (C=O) groups is 2. The number of ether oxygens (including phenoxy) is 1. The van der Waals surface area contributed by atoms with Gasteiger partial charge < -0.3 is 15.0 Å². The summed E-state index contributed by atoms with van der Waals surface area (Å²) in [5, 5.41) is 3.02.